The second-order valence-corrected chi connectivity index (χ2v) is 3.85. The van der Waals surface area contributed by atoms with Crippen molar-refractivity contribution < 1.29 is 14.6 Å². The van der Waals surface area contributed by atoms with Crippen molar-refractivity contribution in [1.82, 2.24) is 0 Å². The highest BCUT2D eigenvalue weighted by Crippen LogP contribution is 2.12. The molecule has 0 spiro atoms. The lowest BCUT2D eigenvalue weighted by atomic mass is 10.2. The predicted octanol–water partition coefficient (Wildman–Crippen LogP) is 2.38. The van der Waals surface area contributed by atoms with Crippen LogP contribution in [0.15, 0.2) is 24.3 Å². The molecule has 1 rings (SSSR count). The van der Waals surface area contributed by atoms with Crippen molar-refractivity contribution in [2.45, 2.75) is 32.5 Å². The van der Waals surface area contributed by atoms with Crippen molar-refractivity contribution in [2.24, 2.45) is 0 Å². The van der Waals surface area contributed by atoms with Gasteiger partial charge in [-0.2, -0.15) is 0 Å². The standard InChI is InChI=1S/C15H20O3/c1-3-14(6-4-5-11-16)18-12-13-7-9-15(17-2)10-8-13/h7-10,14,16H,3,5,11-12H2,1-2H3/t14-/m0/s1. The third kappa shape index (κ3) is 5.22. The Morgan fingerprint density at radius 1 is 1.28 bits per heavy atom. The Kier molecular flexibility index (Phi) is 6.93. The SMILES string of the molecule is CC[C@@H](C#CCCO)OCc1ccc(OC)cc1. The van der Waals surface area contributed by atoms with E-state index in [4.69, 9.17) is 14.6 Å². The zero-order chi connectivity index (χ0) is 13.2. The summed E-state index contributed by atoms with van der Waals surface area (Å²) < 4.78 is 10.8. The monoisotopic (exact) mass is 248 g/mol. The van der Waals surface area contributed by atoms with Crippen molar-refractivity contribution in [3.05, 3.63) is 29.8 Å². The van der Waals surface area contributed by atoms with E-state index in [1.807, 2.05) is 31.2 Å². The third-order valence-electron chi connectivity index (χ3n) is 2.48. The number of hydrogen-bond donors (Lipinski definition) is 1. The van der Waals surface area contributed by atoms with Crippen LogP contribution in [0.1, 0.15) is 25.3 Å². The minimum atomic E-state index is -0.0707. The van der Waals surface area contributed by atoms with Crippen LogP contribution < -0.4 is 4.74 Å². The van der Waals surface area contributed by atoms with Crippen LogP contribution in [0.25, 0.3) is 0 Å². The predicted molar refractivity (Wildman–Crippen MR) is 71.3 cm³/mol. The molecule has 0 radical (unpaired) electrons. The van der Waals surface area contributed by atoms with Crippen LogP contribution in [-0.2, 0) is 11.3 Å². The fraction of sp³-hybridized carbons (Fsp3) is 0.467. The van der Waals surface area contributed by atoms with E-state index in [1.54, 1.807) is 7.11 Å². The summed E-state index contributed by atoms with van der Waals surface area (Å²) in [6, 6.07) is 7.79. The molecule has 0 aromatic heterocycles. The number of aliphatic hydroxyl groups excluding tert-OH is 1. The summed E-state index contributed by atoms with van der Waals surface area (Å²) in [5.74, 6) is 6.74. The van der Waals surface area contributed by atoms with Crippen LogP contribution in [0.3, 0.4) is 0 Å². The summed E-state index contributed by atoms with van der Waals surface area (Å²) in [5, 5.41) is 8.65. The van der Waals surface area contributed by atoms with E-state index >= 15 is 0 Å². The maximum absolute atomic E-state index is 8.65. The Bertz CT molecular complexity index is 386. The first kappa shape index (κ1) is 14.6. The Hall–Kier alpha value is -1.50. The fourth-order valence-corrected chi connectivity index (χ4v) is 1.42. The van der Waals surface area contributed by atoms with E-state index in [9.17, 15) is 0 Å². The molecule has 0 aliphatic carbocycles. The number of rotatable bonds is 6. The summed E-state index contributed by atoms with van der Waals surface area (Å²) in [6.45, 7) is 2.67. The van der Waals surface area contributed by atoms with E-state index in [0.29, 0.717) is 13.0 Å². The van der Waals surface area contributed by atoms with Crippen molar-refractivity contribution >= 4 is 0 Å². The van der Waals surface area contributed by atoms with Crippen molar-refractivity contribution in [3.63, 3.8) is 0 Å². The number of ether oxygens (including phenoxy) is 2. The first-order valence-corrected chi connectivity index (χ1v) is 6.14. The van der Waals surface area contributed by atoms with E-state index in [0.717, 1.165) is 17.7 Å². The van der Waals surface area contributed by atoms with Crippen molar-refractivity contribution in [1.29, 1.82) is 0 Å². The molecule has 0 saturated carbocycles. The molecule has 1 atom stereocenters. The van der Waals surface area contributed by atoms with Crippen LogP contribution in [0.5, 0.6) is 5.75 Å². The summed E-state index contributed by atoms with van der Waals surface area (Å²) in [6.07, 6.45) is 1.27. The van der Waals surface area contributed by atoms with Crippen LogP contribution >= 0.6 is 0 Å². The van der Waals surface area contributed by atoms with E-state index in [1.165, 1.54) is 0 Å². The van der Waals surface area contributed by atoms with E-state index in [2.05, 4.69) is 11.8 Å². The maximum atomic E-state index is 8.65. The van der Waals surface area contributed by atoms with Gasteiger partial charge in [-0.25, -0.2) is 0 Å². The van der Waals surface area contributed by atoms with Gasteiger partial charge >= 0.3 is 0 Å². The molecule has 0 unspecified atom stereocenters. The maximum Gasteiger partial charge on any atom is 0.118 e. The molecule has 98 valence electrons. The topological polar surface area (TPSA) is 38.7 Å². The van der Waals surface area contributed by atoms with Gasteiger partial charge in [0.15, 0.2) is 0 Å². The molecule has 1 aromatic rings. The van der Waals surface area contributed by atoms with Gasteiger partial charge in [0.2, 0.25) is 0 Å². The normalized spacial score (nSPS) is 11.5. The Morgan fingerprint density at radius 2 is 2.00 bits per heavy atom. The van der Waals surface area contributed by atoms with E-state index in [-0.39, 0.29) is 12.7 Å². The molecule has 3 nitrogen and oxygen atoms in total. The molecule has 0 saturated heterocycles. The van der Waals surface area contributed by atoms with Crippen LogP contribution in [0, 0.1) is 11.8 Å². The molecule has 3 heteroatoms. The fourth-order valence-electron chi connectivity index (χ4n) is 1.42. The average molecular weight is 248 g/mol. The largest absolute Gasteiger partial charge is 0.497 e. The molecular formula is C15H20O3. The number of methoxy groups -OCH3 is 1. The Morgan fingerprint density at radius 3 is 2.56 bits per heavy atom. The highest BCUT2D eigenvalue weighted by Gasteiger charge is 2.02. The van der Waals surface area contributed by atoms with Crippen LogP contribution in [-0.4, -0.2) is 24.9 Å². The van der Waals surface area contributed by atoms with Gasteiger partial charge in [-0.3, -0.25) is 0 Å². The zero-order valence-electron chi connectivity index (χ0n) is 11.0. The van der Waals surface area contributed by atoms with Crippen LogP contribution in [0.4, 0.5) is 0 Å². The quantitative estimate of drug-likeness (QED) is 0.786. The molecule has 0 heterocycles. The van der Waals surface area contributed by atoms with Gasteiger partial charge in [-0.15, -0.1) is 0 Å². The van der Waals surface area contributed by atoms with Gasteiger partial charge in [-0.1, -0.05) is 30.9 Å². The van der Waals surface area contributed by atoms with Crippen molar-refractivity contribution in [3.8, 4) is 17.6 Å². The van der Waals surface area contributed by atoms with Crippen molar-refractivity contribution in [2.75, 3.05) is 13.7 Å². The first-order chi connectivity index (χ1) is 8.80. The molecular weight excluding hydrogens is 228 g/mol. The van der Waals surface area contributed by atoms with Gasteiger partial charge in [-0.05, 0) is 24.1 Å². The second-order valence-electron chi connectivity index (χ2n) is 3.85. The van der Waals surface area contributed by atoms with E-state index < -0.39 is 0 Å². The molecule has 18 heavy (non-hydrogen) atoms. The summed E-state index contributed by atoms with van der Waals surface area (Å²) in [5.41, 5.74) is 1.10. The lowest BCUT2D eigenvalue weighted by Gasteiger charge is -2.10. The van der Waals surface area contributed by atoms with Gasteiger partial charge < -0.3 is 14.6 Å². The summed E-state index contributed by atoms with van der Waals surface area (Å²) in [4.78, 5) is 0. The van der Waals surface area contributed by atoms with Gasteiger partial charge in [0.25, 0.3) is 0 Å². The van der Waals surface area contributed by atoms with Gasteiger partial charge in [0, 0.05) is 6.42 Å². The second kappa shape index (κ2) is 8.57. The third-order valence-corrected chi connectivity index (χ3v) is 2.48. The lowest BCUT2D eigenvalue weighted by molar-refractivity contribution is 0.0757. The van der Waals surface area contributed by atoms with Gasteiger partial charge in [0.05, 0.1) is 20.3 Å². The highest BCUT2D eigenvalue weighted by molar-refractivity contribution is 5.26. The average Bonchev–Trinajstić information content (AvgIpc) is 2.43. The van der Waals surface area contributed by atoms with Crippen LogP contribution in [0.2, 0.25) is 0 Å². The molecule has 0 amide bonds. The number of benzene rings is 1. The summed E-state index contributed by atoms with van der Waals surface area (Å²) in [7, 11) is 1.65. The Labute approximate surface area is 109 Å². The zero-order valence-corrected chi connectivity index (χ0v) is 11.0. The molecule has 1 aromatic carbocycles. The number of aliphatic hydroxyl groups is 1. The molecule has 1 N–H and O–H groups in total. The Balaban J connectivity index is 2.44. The van der Waals surface area contributed by atoms with Gasteiger partial charge in [0.1, 0.15) is 11.9 Å². The minimum absolute atomic E-state index is 0.0707. The number of hydrogen-bond acceptors (Lipinski definition) is 3. The lowest BCUT2D eigenvalue weighted by Crippen LogP contribution is -2.09. The highest BCUT2D eigenvalue weighted by atomic mass is 16.5. The molecule has 0 aliphatic heterocycles. The molecule has 0 aliphatic rings. The molecule has 0 bridgehead atoms. The smallest absolute Gasteiger partial charge is 0.118 e. The molecule has 0 fully saturated rings. The first-order valence-electron chi connectivity index (χ1n) is 6.14. The minimum Gasteiger partial charge on any atom is -0.497 e. The summed E-state index contributed by atoms with van der Waals surface area (Å²) >= 11 is 0.